The summed E-state index contributed by atoms with van der Waals surface area (Å²) in [5, 5.41) is 0. The van der Waals surface area contributed by atoms with Crippen molar-refractivity contribution in [1.82, 2.24) is 4.90 Å². The summed E-state index contributed by atoms with van der Waals surface area (Å²) in [5.74, 6) is 0.542. The van der Waals surface area contributed by atoms with Crippen molar-refractivity contribution in [2.24, 2.45) is 11.3 Å². The Morgan fingerprint density at radius 3 is 2.44 bits per heavy atom. The summed E-state index contributed by atoms with van der Waals surface area (Å²) < 4.78 is 18.6. The molecule has 4 nitrogen and oxygen atoms in total. The second-order valence-corrected chi connectivity index (χ2v) is 9.80. The molecule has 27 heavy (non-hydrogen) atoms. The Bertz CT molecular complexity index is 439. The standard InChI is InChI=1S/C23H43NO3/c1-5-14-24(17-20-8-7-16-25-20)15-11-21-18-26-23(27-21)12-9-19(10-13-23)22(3,4)6-2/h19-21H,5-18H2,1-4H3. The zero-order chi connectivity index (χ0) is 19.3. The molecule has 0 aromatic rings. The summed E-state index contributed by atoms with van der Waals surface area (Å²) in [6, 6.07) is 0. The zero-order valence-electron chi connectivity index (χ0n) is 18.3. The van der Waals surface area contributed by atoms with E-state index in [0.717, 1.165) is 58.0 Å². The van der Waals surface area contributed by atoms with Crippen LogP contribution >= 0.6 is 0 Å². The van der Waals surface area contributed by atoms with Crippen molar-refractivity contribution in [3.8, 4) is 0 Å². The Labute approximate surface area is 167 Å². The van der Waals surface area contributed by atoms with Crippen LogP contribution < -0.4 is 0 Å². The Hall–Kier alpha value is -0.160. The minimum Gasteiger partial charge on any atom is -0.377 e. The molecular formula is C23H43NO3. The van der Waals surface area contributed by atoms with Gasteiger partial charge in [0.1, 0.15) is 0 Å². The quantitative estimate of drug-likeness (QED) is 0.562. The zero-order valence-corrected chi connectivity index (χ0v) is 18.3. The lowest BCUT2D eigenvalue weighted by molar-refractivity contribution is -0.197. The van der Waals surface area contributed by atoms with Crippen molar-refractivity contribution < 1.29 is 14.2 Å². The first-order chi connectivity index (χ1) is 13.0. The third-order valence-corrected chi connectivity index (χ3v) is 7.47. The smallest absolute Gasteiger partial charge is 0.168 e. The van der Waals surface area contributed by atoms with Crippen LogP contribution in [0.5, 0.6) is 0 Å². The van der Waals surface area contributed by atoms with Crippen LogP contribution in [-0.2, 0) is 14.2 Å². The molecule has 0 aromatic heterocycles. The SMILES string of the molecule is CCCN(CCC1COC2(CCC(C(C)(C)CC)CC2)O1)CC1CCCO1. The van der Waals surface area contributed by atoms with Gasteiger partial charge in [0.2, 0.25) is 0 Å². The van der Waals surface area contributed by atoms with E-state index in [1.54, 1.807) is 0 Å². The average molecular weight is 382 g/mol. The fourth-order valence-corrected chi connectivity index (χ4v) is 5.16. The van der Waals surface area contributed by atoms with Gasteiger partial charge in [0.05, 0.1) is 18.8 Å². The van der Waals surface area contributed by atoms with E-state index in [4.69, 9.17) is 14.2 Å². The molecule has 3 aliphatic rings. The highest BCUT2D eigenvalue weighted by atomic mass is 16.7. The normalized spacial score (nSPS) is 34.8. The highest BCUT2D eigenvalue weighted by molar-refractivity contribution is 4.90. The first-order valence-corrected chi connectivity index (χ1v) is 11.6. The topological polar surface area (TPSA) is 30.9 Å². The predicted octanol–water partition coefficient (Wildman–Crippen LogP) is 5.01. The van der Waals surface area contributed by atoms with Crippen LogP contribution in [0, 0.1) is 11.3 Å². The van der Waals surface area contributed by atoms with Gasteiger partial charge in [-0.3, -0.25) is 0 Å². The minimum atomic E-state index is -0.269. The summed E-state index contributed by atoms with van der Waals surface area (Å²) in [5.41, 5.74) is 0.447. The van der Waals surface area contributed by atoms with Crippen molar-refractivity contribution in [3.63, 3.8) is 0 Å². The molecule has 2 unspecified atom stereocenters. The van der Waals surface area contributed by atoms with E-state index in [2.05, 4.69) is 32.6 Å². The number of hydrogen-bond acceptors (Lipinski definition) is 4. The van der Waals surface area contributed by atoms with E-state index in [-0.39, 0.29) is 11.9 Å². The minimum absolute atomic E-state index is 0.268. The molecule has 2 heterocycles. The van der Waals surface area contributed by atoms with Crippen molar-refractivity contribution in [1.29, 1.82) is 0 Å². The second-order valence-electron chi connectivity index (χ2n) is 9.80. The molecule has 4 heteroatoms. The summed E-state index contributed by atoms with van der Waals surface area (Å²) in [6.45, 7) is 14.5. The van der Waals surface area contributed by atoms with Crippen molar-refractivity contribution >= 4 is 0 Å². The van der Waals surface area contributed by atoms with E-state index < -0.39 is 0 Å². The van der Waals surface area contributed by atoms with Crippen LogP contribution in [0.3, 0.4) is 0 Å². The van der Waals surface area contributed by atoms with Gasteiger partial charge in [-0.15, -0.1) is 0 Å². The molecular weight excluding hydrogens is 338 g/mol. The molecule has 0 aromatic carbocycles. The molecule has 2 aliphatic heterocycles. The van der Waals surface area contributed by atoms with Crippen molar-refractivity contribution in [2.45, 2.75) is 103 Å². The Balaban J connectivity index is 1.42. The molecule has 1 saturated carbocycles. The van der Waals surface area contributed by atoms with Gasteiger partial charge in [0.25, 0.3) is 0 Å². The summed E-state index contributed by atoms with van der Waals surface area (Å²) in [6.07, 6.45) is 11.3. The monoisotopic (exact) mass is 381 g/mol. The van der Waals surface area contributed by atoms with Crippen LogP contribution in [0.25, 0.3) is 0 Å². The molecule has 2 saturated heterocycles. The lowest BCUT2D eigenvalue weighted by Gasteiger charge is -2.42. The van der Waals surface area contributed by atoms with Gasteiger partial charge in [0, 0.05) is 32.5 Å². The van der Waals surface area contributed by atoms with E-state index in [0.29, 0.717) is 11.5 Å². The molecule has 0 N–H and O–H groups in total. The Kier molecular flexibility index (Phi) is 7.63. The van der Waals surface area contributed by atoms with Crippen LogP contribution in [0.4, 0.5) is 0 Å². The van der Waals surface area contributed by atoms with Gasteiger partial charge in [0.15, 0.2) is 5.79 Å². The van der Waals surface area contributed by atoms with Crippen molar-refractivity contribution in [2.75, 3.05) is 32.8 Å². The molecule has 0 radical (unpaired) electrons. The third-order valence-electron chi connectivity index (χ3n) is 7.47. The summed E-state index contributed by atoms with van der Waals surface area (Å²) in [7, 11) is 0. The van der Waals surface area contributed by atoms with E-state index in [1.807, 2.05) is 0 Å². The van der Waals surface area contributed by atoms with Crippen molar-refractivity contribution in [3.05, 3.63) is 0 Å². The Morgan fingerprint density at radius 2 is 1.81 bits per heavy atom. The van der Waals surface area contributed by atoms with Gasteiger partial charge >= 0.3 is 0 Å². The van der Waals surface area contributed by atoms with Gasteiger partial charge in [-0.1, -0.05) is 34.1 Å². The molecule has 1 spiro atoms. The first kappa shape index (κ1) is 21.5. The van der Waals surface area contributed by atoms with E-state index >= 15 is 0 Å². The van der Waals surface area contributed by atoms with Gasteiger partial charge in [-0.2, -0.15) is 0 Å². The first-order valence-electron chi connectivity index (χ1n) is 11.6. The predicted molar refractivity (Wildman–Crippen MR) is 110 cm³/mol. The number of rotatable bonds is 9. The van der Waals surface area contributed by atoms with Crippen LogP contribution in [-0.4, -0.2) is 55.7 Å². The van der Waals surface area contributed by atoms with Crippen LogP contribution in [0.2, 0.25) is 0 Å². The van der Waals surface area contributed by atoms with E-state index in [9.17, 15) is 0 Å². The molecule has 3 fully saturated rings. The molecule has 0 bridgehead atoms. The highest BCUT2D eigenvalue weighted by Gasteiger charge is 2.46. The maximum absolute atomic E-state index is 6.50. The van der Waals surface area contributed by atoms with Gasteiger partial charge < -0.3 is 19.1 Å². The fraction of sp³-hybridized carbons (Fsp3) is 1.00. The lowest BCUT2D eigenvalue weighted by Crippen LogP contribution is -2.40. The maximum Gasteiger partial charge on any atom is 0.168 e. The molecule has 2 atom stereocenters. The average Bonchev–Trinajstić information content (AvgIpc) is 3.31. The van der Waals surface area contributed by atoms with E-state index in [1.165, 1.54) is 38.5 Å². The Morgan fingerprint density at radius 1 is 1.04 bits per heavy atom. The summed E-state index contributed by atoms with van der Waals surface area (Å²) >= 11 is 0. The molecule has 0 amide bonds. The van der Waals surface area contributed by atoms with Gasteiger partial charge in [-0.05, 0) is 56.4 Å². The molecule has 1 aliphatic carbocycles. The molecule has 3 rings (SSSR count). The second kappa shape index (κ2) is 9.56. The number of nitrogens with zero attached hydrogens (tertiary/aromatic N) is 1. The number of hydrogen-bond donors (Lipinski definition) is 0. The van der Waals surface area contributed by atoms with Gasteiger partial charge in [-0.25, -0.2) is 0 Å². The molecule has 158 valence electrons. The largest absolute Gasteiger partial charge is 0.377 e. The lowest BCUT2D eigenvalue weighted by atomic mass is 9.68. The summed E-state index contributed by atoms with van der Waals surface area (Å²) in [4.78, 5) is 2.57. The number of ether oxygens (including phenoxy) is 3. The third kappa shape index (κ3) is 5.68. The fourth-order valence-electron chi connectivity index (χ4n) is 5.16. The maximum atomic E-state index is 6.50. The highest BCUT2D eigenvalue weighted by Crippen LogP contribution is 2.47. The van der Waals surface area contributed by atoms with Crippen LogP contribution in [0.1, 0.15) is 85.5 Å². The van der Waals surface area contributed by atoms with Crippen LogP contribution in [0.15, 0.2) is 0 Å².